The first-order valence-electron chi connectivity index (χ1n) is 11.6. The van der Waals surface area contributed by atoms with E-state index in [4.69, 9.17) is 0 Å². The summed E-state index contributed by atoms with van der Waals surface area (Å²) in [5.74, 6) is 0.397. The molecule has 2 fully saturated rings. The fourth-order valence-electron chi connectivity index (χ4n) is 5.83. The molecule has 5 rings (SSSR count). The van der Waals surface area contributed by atoms with Crippen LogP contribution in [-0.2, 0) is 0 Å². The van der Waals surface area contributed by atoms with E-state index in [1.54, 1.807) is 6.07 Å². The number of aryl methyl sites for hydroxylation is 1. The van der Waals surface area contributed by atoms with Gasteiger partial charge in [0.1, 0.15) is 5.84 Å². The minimum Gasteiger partial charge on any atom is -0.322 e. The largest absolute Gasteiger partial charge is 0.322 e. The Morgan fingerprint density at radius 2 is 2.06 bits per heavy atom. The average Bonchev–Trinajstić information content (AvgIpc) is 3.38. The number of carbonyl (C=O) groups excluding carboxylic acids is 1. The molecule has 2 atom stereocenters. The third-order valence-electron chi connectivity index (χ3n) is 7.91. The number of hydrogen-bond acceptors (Lipinski definition) is 5. The van der Waals surface area contributed by atoms with Crippen LogP contribution in [0.2, 0.25) is 0 Å². The number of aliphatic imine (C=N–C) groups is 1. The molecule has 2 amide bonds. The molecule has 172 valence electrons. The Bertz CT molecular complexity index is 1030. The molecule has 32 heavy (non-hydrogen) atoms. The topological polar surface area (TPSA) is 64.1 Å². The molecule has 1 aromatic heterocycles. The van der Waals surface area contributed by atoms with E-state index in [1.165, 1.54) is 12.5 Å². The van der Waals surface area contributed by atoms with Gasteiger partial charge in [0.15, 0.2) is 11.6 Å². The summed E-state index contributed by atoms with van der Waals surface area (Å²) in [7, 11) is 0. The molecule has 0 saturated carbocycles. The van der Waals surface area contributed by atoms with Gasteiger partial charge in [-0.3, -0.25) is 9.89 Å². The molecule has 0 radical (unpaired) electrons. The summed E-state index contributed by atoms with van der Waals surface area (Å²) in [5, 5.41) is 3.09. The summed E-state index contributed by atoms with van der Waals surface area (Å²) >= 11 is 0. The summed E-state index contributed by atoms with van der Waals surface area (Å²) in [6, 6.07) is 3.32. The number of fused-ring (bicyclic) bond motifs is 1. The van der Waals surface area contributed by atoms with Crippen LogP contribution in [0.25, 0.3) is 0 Å². The molecule has 0 unspecified atom stereocenters. The summed E-state index contributed by atoms with van der Waals surface area (Å²) in [6.45, 7) is 14.3. The summed E-state index contributed by atoms with van der Waals surface area (Å²) in [5.41, 5.74) is 2.49. The van der Waals surface area contributed by atoms with Crippen molar-refractivity contribution in [1.29, 1.82) is 0 Å². The molecule has 4 aliphatic rings. The Morgan fingerprint density at radius 3 is 2.84 bits per heavy atom. The smallest absolute Gasteiger partial charge is 0.321 e. The molecule has 1 aromatic rings. The Hall–Kier alpha value is -2.48. The molecule has 5 heterocycles. The third-order valence-corrected chi connectivity index (χ3v) is 7.91. The number of hydrogen-bond donors (Lipinski definition) is 1. The van der Waals surface area contributed by atoms with E-state index in [-0.39, 0.29) is 23.4 Å². The molecule has 8 heteroatoms. The van der Waals surface area contributed by atoms with E-state index >= 15 is 0 Å². The number of amides is 2. The molecular weight excluding hydrogens is 407 g/mol. The Balaban J connectivity index is 1.36. The van der Waals surface area contributed by atoms with Crippen LogP contribution in [-0.4, -0.2) is 81.4 Å². The zero-order chi connectivity index (χ0) is 22.8. The fraction of sp³-hybridized carbons (Fsp3) is 0.625. The van der Waals surface area contributed by atoms with Gasteiger partial charge in [0.25, 0.3) is 0 Å². The van der Waals surface area contributed by atoms with E-state index in [9.17, 15) is 9.18 Å². The van der Waals surface area contributed by atoms with Crippen molar-refractivity contribution in [3.8, 4) is 0 Å². The lowest BCUT2D eigenvalue weighted by Crippen LogP contribution is -2.65. The van der Waals surface area contributed by atoms with Crippen LogP contribution in [0.15, 0.2) is 28.3 Å². The Morgan fingerprint density at radius 1 is 1.28 bits per heavy atom. The van der Waals surface area contributed by atoms with Gasteiger partial charge in [0, 0.05) is 35.9 Å². The quantitative estimate of drug-likeness (QED) is 0.727. The lowest BCUT2D eigenvalue weighted by molar-refractivity contribution is 0.0119. The van der Waals surface area contributed by atoms with Gasteiger partial charge >= 0.3 is 6.03 Å². The van der Waals surface area contributed by atoms with E-state index in [0.29, 0.717) is 18.9 Å². The lowest BCUT2D eigenvalue weighted by atomic mass is 9.93. The molecule has 7 nitrogen and oxygen atoms in total. The monoisotopic (exact) mass is 440 g/mol. The Kier molecular flexibility index (Phi) is 4.85. The molecule has 0 aromatic carbocycles. The van der Waals surface area contributed by atoms with Crippen LogP contribution < -0.4 is 5.32 Å². The number of rotatable bonds is 1. The number of nitrogens with one attached hydrogen (secondary N) is 1. The van der Waals surface area contributed by atoms with Crippen molar-refractivity contribution in [2.24, 2.45) is 4.99 Å². The minimum absolute atomic E-state index is 0.0741. The molecule has 0 spiro atoms. The first kappa shape index (κ1) is 21.4. The zero-order valence-corrected chi connectivity index (χ0v) is 19.7. The van der Waals surface area contributed by atoms with E-state index < -0.39 is 11.4 Å². The number of halogens is 1. The summed E-state index contributed by atoms with van der Waals surface area (Å²) in [6.07, 6.45) is 2.34. The average molecular weight is 441 g/mol. The molecule has 4 aliphatic heterocycles. The molecule has 2 saturated heterocycles. The number of anilines is 1. The van der Waals surface area contributed by atoms with Crippen LogP contribution in [0, 0.1) is 12.7 Å². The van der Waals surface area contributed by atoms with Crippen molar-refractivity contribution < 1.29 is 9.18 Å². The molecule has 0 bridgehead atoms. The van der Waals surface area contributed by atoms with Crippen LogP contribution >= 0.6 is 0 Å². The molecule has 0 aliphatic carbocycles. The van der Waals surface area contributed by atoms with Crippen LogP contribution in [0.5, 0.6) is 0 Å². The number of urea groups is 1. The summed E-state index contributed by atoms with van der Waals surface area (Å²) < 4.78 is 14.3. The van der Waals surface area contributed by atoms with Gasteiger partial charge in [0.2, 0.25) is 0 Å². The predicted octanol–water partition coefficient (Wildman–Crippen LogP) is 3.42. The van der Waals surface area contributed by atoms with Crippen molar-refractivity contribution in [3.63, 3.8) is 0 Å². The normalized spacial score (nSPS) is 29.3. The minimum atomic E-state index is -0.439. The number of piperazine rings is 1. The van der Waals surface area contributed by atoms with Crippen LogP contribution in [0.3, 0.4) is 0 Å². The number of amidine groups is 1. The van der Waals surface area contributed by atoms with Crippen LogP contribution in [0.1, 0.15) is 46.2 Å². The van der Waals surface area contributed by atoms with Crippen molar-refractivity contribution in [2.45, 2.75) is 64.6 Å². The maximum atomic E-state index is 14.3. The second-order valence-corrected chi connectivity index (χ2v) is 10.5. The highest BCUT2D eigenvalue weighted by Crippen LogP contribution is 2.41. The fourth-order valence-corrected chi connectivity index (χ4v) is 5.83. The van der Waals surface area contributed by atoms with Crippen molar-refractivity contribution >= 4 is 17.7 Å². The van der Waals surface area contributed by atoms with E-state index in [0.717, 1.165) is 42.9 Å². The zero-order valence-electron chi connectivity index (χ0n) is 19.7. The maximum Gasteiger partial charge on any atom is 0.321 e. The Labute approximate surface area is 189 Å². The highest BCUT2D eigenvalue weighted by Gasteiger charge is 2.50. The lowest BCUT2D eigenvalue weighted by Gasteiger charge is -2.50. The van der Waals surface area contributed by atoms with Crippen molar-refractivity contribution in [1.82, 2.24) is 19.7 Å². The first-order chi connectivity index (χ1) is 15.1. The van der Waals surface area contributed by atoms with E-state index in [2.05, 4.69) is 52.8 Å². The van der Waals surface area contributed by atoms with Gasteiger partial charge in [-0.15, -0.1) is 0 Å². The molecular formula is C24H33FN6O. The highest BCUT2D eigenvalue weighted by molar-refractivity contribution is 6.11. The number of carbonyl (C=O) groups is 1. The standard InChI is InChI=1S/C24H33FN6O/c1-15-7-8-19(25)21(27-15)28-20-17-13-31(23(3,4)18(17)11-26-20)22(32)30-14-24(5)9-6-10-29(24)12-16(30)2/h7-8,16H,6,9-14H2,1-5H3,(H,26,27,28)/t16-,24-/m0/s1. The number of aromatic nitrogens is 1. The van der Waals surface area contributed by atoms with Gasteiger partial charge < -0.3 is 15.1 Å². The summed E-state index contributed by atoms with van der Waals surface area (Å²) in [4.78, 5) is 29.3. The molecule has 1 N–H and O–H groups in total. The highest BCUT2D eigenvalue weighted by atomic mass is 19.1. The van der Waals surface area contributed by atoms with Crippen LogP contribution in [0.4, 0.5) is 15.0 Å². The number of nitrogens with zero attached hydrogens (tertiary/aromatic N) is 5. The second kappa shape index (κ2) is 7.27. The first-order valence-corrected chi connectivity index (χ1v) is 11.6. The van der Waals surface area contributed by atoms with E-state index in [1.807, 2.05) is 11.8 Å². The van der Waals surface area contributed by atoms with Gasteiger partial charge in [-0.05, 0) is 71.7 Å². The predicted molar refractivity (Wildman–Crippen MR) is 123 cm³/mol. The van der Waals surface area contributed by atoms with Gasteiger partial charge in [-0.25, -0.2) is 14.2 Å². The van der Waals surface area contributed by atoms with Crippen molar-refractivity contribution in [2.75, 3.05) is 38.0 Å². The van der Waals surface area contributed by atoms with Gasteiger partial charge in [-0.2, -0.15) is 0 Å². The maximum absolute atomic E-state index is 14.3. The van der Waals surface area contributed by atoms with Crippen molar-refractivity contribution in [3.05, 3.63) is 34.8 Å². The number of pyridine rings is 1. The SMILES string of the molecule is Cc1ccc(F)c(NC2=NCC3=C2CN(C(=O)N2C[C@]4(C)CCCN4C[C@@H]2C)C3(C)C)n1. The third kappa shape index (κ3) is 3.22. The second-order valence-electron chi connectivity index (χ2n) is 10.5. The van der Waals surface area contributed by atoms with Gasteiger partial charge in [0.05, 0.1) is 18.6 Å². The van der Waals surface area contributed by atoms with Gasteiger partial charge in [-0.1, -0.05) is 0 Å².